The van der Waals surface area contributed by atoms with E-state index in [-0.39, 0.29) is 0 Å². The molecule has 0 spiro atoms. The summed E-state index contributed by atoms with van der Waals surface area (Å²) in [5.74, 6) is -0.403. The van der Waals surface area contributed by atoms with Gasteiger partial charge in [0.2, 0.25) is 5.91 Å². The number of carbonyl (C=O) groups is 1. The first-order valence-corrected chi connectivity index (χ1v) is 7.54. The molecule has 1 heterocycles. The molecule has 2 rings (SSSR count). The standard InChI is InChI=1S/C12H10Br2N2OS/c13-8-6-9(18-11(8)14)10(12(15)17)16-7-4-2-1-3-5-7/h1-6,10,16H,(H2,15,17). The smallest absolute Gasteiger partial charge is 0.245 e. The molecule has 0 aliphatic rings. The SMILES string of the molecule is NC(=O)C(Nc1ccccc1)c1cc(Br)c(Br)s1. The average molecular weight is 390 g/mol. The molecule has 6 heteroatoms. The summed E-state index contributed by atoms with van der Waals surface area (Å²) in [7, 11) is 0. The van der Waals surface area contributed by atoms with Crippen molar-refractivity contribution in [1.29, 1.82) is 0 Å². The molecule has 0 aliphatic heterocycles. The minimum absolute atomic E-state index is 0.403. The molecule has 1 amide bonds. The highest BCUT2D eigenvalue weighted by atomic mass is 79.9. The molecule has 0 bridgehead atoms. The van der Waals surface area contributed by atoms with Crippen molar-refractivity contribution >= 4 is 54.8 Å². The van der Waals surface area contributed by atoms with Crippen LogP contribution in [0.25, 0.3) is 0 Å². The monoisotopic (exact) mass is 388 g/mol. The second-order valence-corrected chi connectivity index (χ2v) is 6.87. The van der Waals surface area contributed by atoms with Crippen molar-refractivity contribution in [3.63, 3.8) is 0 Å². The molecule has 3 nitrogen and oxygen atoms in total. The van der Waals surface area contributed by atoms with Gasteiger partial charge in [0.1, 0.15) is 6.04 Å². The zero-order valence-corrected chi connectivity index (χ0v) is 13.2. The Kier molecular flexibility index (Phi) is 4.42. The largest absolute Gasteiger partial charge is 0.369 e. The second kappa shape index (κ2) is 5.86. The summed E-state index contributed by atoms with van der Waals surface area (Å²) in [5, 5.41) is 3.13. The van der Waals surface area contributed by atoms with E-state index in [0.29, 0.717) is 0 Å². The predicted octanol–water partition coefficient (Wildman–Crippen LogP) is 3.91. The summed E-state index contributed by atoms with van der Waals surface area (Å²) in [6, 6.07) is 10.9. The van der Waals surface area contributed by atoms with Crippen molar-refractivity contribution in [2.75, 3.05) is 5.32 Å². The number of amides is 1. The van der Waals surface area contributed by atoms with Crippen LogP contribution in [0.3, 0.4) is 0 Å². The van der Waals surface area contributed by atoms with Crippen LogP contribution in [0.1, 0.15) is 10.9 Å². The summed E-state index contributed by atoms with van der Waals surface area (Å²) >= 11 is 8.29. The predicted molar refractivity (Wildman–Crippen MR) is 81.7 cm³/mol. The molecule has 0 radical (unpaired) electrons. The van der Waals surface area contributed by atoms with Gasteiger partial charge in [-0.1, -0.05) is 18.2 Å². The molecule has 18 heavy (non-hydrogen) atoms. The summed E-state index contributed by atoms with van der Waals surface area (Å²) in [5.41, 5.74) is 6.31. The summed E-state index contributed by atoms with van der Waals surface area (Å²) in [6.07, 6.45) is 0. The van der Waals surface area contributed by atoms with Gasteiger partial charge in [-0.25, -0.2) is 0 Å². The molecule has 1 aromatic carbocycles. The number of hydrogen-bond acceptors (Lipinski definition) is 3. The lowest BCUT2D eigenvalue weighted by molar-refractivity contribution is -0.118. The molecule has 2 aromatic rings. The first-order chi connectivity index (χ1) is 8.58. The number of nitrogens with two attached hydrogens (primary N) is 1. The van der Waals surface area contributed by atoms with Gasteiger partial charge in [-0.3, -0.25) is 4.79 Å². The first-order valence-electron chi connectivity index (χ1n) is 5.13. The number of nitrogens with one attached hydrogen (secondary N) is 1. The first kappa shape index (κ1) is 13.6. The Bertz CT molecular complexity index is 537. The molecule has 1 aromatic heterocycles. The van der Waals surface area contributed by atoms with E-state index < -0.39 is 11.9 Å². The van der Waals surface area contributed by atoms with Gasteiger partial charge >= 0.3 is 0 Å². The number of halogens is 2. The van der Waals surface area contributed by atoms with E-state index in [2.05, 4.69) is 37.2 Å². The maximum atomic E-state index is 11.6. The van der Waals surface area contributed by atoms with Crippen LogP contribution in [0.15, 0.2) is 44.7 Å². The van der Waals surface area contributed by atoms with Gasteiger partial charge in [0.15, 0.2) is 0 Å². The van der Waals surface area contributed by atoms with Crippen molar-refractivity contribution in [3.8, 4) is 0 Å². The van der Waals surface area contributed by atoms with Gasteiger partial charge in [0, 0.05) is 15.0 Å². The summed E-state index contributed by atoms with van der Waals surface area (Å²) in [4.78, 5) is 12.4. The fraction of sp³-hybridized carbons (Fsp3) is 0.0833. The topological polar surface area (TPSA) is 55.1 Å². The zero-order valence-electron chi connectivity index (χ0n) is 9.19. The van der Waals surface area contributed by atoms with E-state index in [9.17, 15) is 4.79 Å². The molecular weight excluding hydrogens is 380 g/mol. The van der Waals surface area contributed by atoms with E-state index in [1.165, 1.54) is 11.3 Å². The quantitative estimate of drug-likeness (QED) is 0.832. The van der Waals surface area contributed by atoms with Crippen LogP contribution in [-0.4, -0.2) is 5.91 Å². The molecule has 0 fully saturated rings. The summed E-state index contributed by atoms with van der Waals surface area (Å²) < 4.78 is 1.86. The van der Waals surface area contributed by atoms with Crippen LogP contribution in [0.5, 0.6) is 0 Å². The molecule has 0 aliphatic carbocycles. The Morgan fingerprint density at radius 1 is 1.28 bits per heavy atom. The third-order valence-corrected chi connectivity index (χ3v) is 5.64. The fourth-order valence-corrected chi connectivity index (χ4v) is 3.64. The van der Waals surface area contributed by atoms with E-state index >= 15 is 0 Å². The summed E-state index contributed by atoms with van der Waals surface area (Å²) in [6.45, 7) is 0. The third-order valence-electron chi connectivity index (χ3n) is 2.32. The van der Waals surface area contributed by atoms with Gasteiger partial charge in [-0.15, -0.1) is 11.3 Å². The highest BCUT2D eigenvalue weighted by Crippen LogP contribution is 2.36. The maximum absolute atomic E-state index is 11.6. The van der Waals surface area contributed by atoms with Crippen LogP contribution in [0, 0.1) is 0 Å². The normalized spacial score (nSPS) is 12.1. The minimum atomic E-state index is -0.528. The van der Waals surface area contributed by atoms with Crippen molar-refractivity contribution in [2.24, 2.45) is 5.73 Å². The number of para-hydroxylation sites is 1. The van der Waals surface area contributed by atoms with Crippen LogP contribution in [-0.2, 0) is 4.79 Å². The molecular formula is C12H10Br2N2OS. The van der Waals surface area contributed by atoms with Gasteiger partial charge in [0.25, 0.3) is 0 Å². The highest BCUT2D eigenvalue weighted by Gasteiger charge is 2.21. The molecule has 94 valence electrons. The number of primary amides is 1. The van der Waals surface area contributed by atoms with Gasteiger partial charge in [-0.2, -0.15) is 0 Å². The van der Waals surface area contributed by atoms with Gasteiger partial charge in [0.05, 0.1) is 3.79 Å². The number of thiophene rings is 1. The maximum Gasteiger partial charge on any atom is 0.245 e. The number of anilines is 1. The average Bonchev–Trinajstić information content (AvgIpc) is 2.67. The van der Waals surface area contributed by atoms with E-state index in [0.717, 1.165) is 18.8 Å². The minimum Gasteiger partial charge on any atom is -0.369 e. The van der Waals surface area contributed by atoms with Gasteiger partial charge in [-0.05, 0) is 50.1 Å². The van der Waals surface area contributed by atoms with Crippen LogP contribution in [0.2, 0.25) is 0 Å². The van der Waals surface area contributed by atoms with Crippen molar-refractivity contribution < 1.29 is 4.79 Å². The lowest BCUT2D eigenvalue weighted by atomic mass is 10.2. The van der Waals surface area contributed by atoms with E-state index in [1.807, 2.05) is 36.4 Å². The van der Waals surface area contributed by atoms with Crippen molar-refractivity contribution in [3.05, 3.63) is 49.5 Å². The third kappa shape index (κ3) is 3.13. The van der Waals surface area contributed by atoms with Crippen molar-refractivity contribution in [1.82, 2.24) is 0 Å². The Balaban J connectivity index is 2.27. The van der Waals surface area contributed by atoms with Crippen LogP contribution in [0.4, 0.5) is 5.69 Å². The number of rotatable bonds is 4. The highest BCUT2D eigenvalue weighted by molar-refractivity contribution is 9.13. The van der Waals surface area contributed by atoms with E-state index in [1.54, 1.807) is 0 Å². The lowest BCUT2D eigenvalue weighted by Gasteiger charge is -2.14. The Morgan fingerprint density at radius 2 is 1.94 bits per heavy atom. The van der Waals surface area contributed by atoms with Gasteiger partial charge < -0.3 is 11.1 Å². The Labute approximate surface area is 126 Å². The van der Waals surface area contributed by atoms with Crippen LogP contribution < -0.4 is 11.1 Å². The number of hydrogen-bond donors (Lipinski definition) is 2. The number of carbonyl (C=O) groups excluding carboxylic acids is 1. The fourth-order valence-electron chi connectivity index (χ4n) is 1.49. The molecule has 1 unspecified atom stereocenters. The molecule has 0 saturated carbocycles. The number of benzene rings is 1. The van der Waals surface area contributed by atoms with Crippen molar-refractivity contribution in [2.45, 2.75) is 6.04 Å². The van der Waals surface area contributed by atoms with E-state index in [4.69, 9.17) is 5.73 Å². The van der Waals surface area contributed by atoms with Crippen LogP contribution >= 0.6 is 43.2 Å². The zero-order chi connectivity index (χ0) is 13.1. The lowest BCUT2D eigenvalue weighted by Crippen LogP contribution is -2.26. The Hall–Kier alpha value is -0.850. The second-order valence-electron chi connectivity index (χ2n) is 3.62. The Morgan fingerprint density at radius 3 is 2.44 bits per heavy atom. The molecule has 3 N–H and O–H groups in total. The molecule has 0 saturated heterocycles. The molecule has 1 atom stereocenters.